The van der Waals surface area contributed by atoms with E-state index in [0.29, 0.717) is 35.7 Å². The highest BCUT2D eigenvalue weighted by Crippen LogP contribution is 2.34. The Morgan fingerprint density at radius 3 is 2.93 bits per heavy atom. The number of benzene rings is 2. The number of alkyl halides is 1. The van der Waals surface area contributed by atoms with Crippen molar-refractivity contribution < 1.29 is 13.6 Å². The van der Waals surface area contributed by atoms with Crippen molar-refractivity contribution in [3.8, 4) is 11.1 Å². The van der Waals surface area contributed by atoms with E-state index < -0.39 is 0 Å². The smallest absolute Gasteiger partial charge is 0.223 e. The molecule has 0 bridgehead atoms. The van der Waals surface area contributed by atoms with Crippen molar-refractivity contribution in [1.29, 1.82) is 0 Å². The topological polar surface area (TPSA) is 46.3 Å². The third kappa shape index (κ3) is 3.69. The summed E-state index contributed by atoms with van der Waals surface area (Å²) < 4.78 is 19.4. The van der Waals surface area contributed by atoms with E-state index in [4.69, 9.17) is 16.0 Å². The molecule has 0 N–H and O–H groups in total. The summed E-state index contributed by atoms with van der Waals surface area (Å²) in [5.74, 6) is 0.875. The zero-order chi connectivity index (χ0) is 18.8. The Morgan fingerprint density at radius 2 is 2.11 bits per heavy atom. The van der Waals surface area contributed by atoms with Gasteiger partial charge in [-0.2, -0.15) is 0 Å². The van der Waals surface area contributed by atoms with Crippen LogP contribution in [-0.2, 0) is 4.79 Å². The van der Waals surface area contributed by atoms with Gasteiger partial charge in [0.25, 0.3) is 0 Å². The highest BCUT2D eigenvalue weighted by molar-refractivity contribution is 6.17. The summed E-state index contributed by atoms with van der Waals surface area (Å²) in [4.78, 5) is 18.9. The van der Waals surface area contributed by atoms with E-state index in [1.807, 2.05) is 29.2 Å². The monoisotopic (exact) mass is 386 g/mol. The predicted octanol–water partition coefficient (Wildman–Crippen LogP) is 5.32. The fourth-order valence-electron chi connectivity index (χ4n) is 3.62. The van der Waals surface area contributed by atoms with Crippen LogP contribution in [0, 0.1) is 5.82 Å². The van der Waals surface area contributed by atoms with Crippen molar-refractivity contribution in [1.82, 2.24) is 9.88 Å². The quantitative estimate of drug-likeness (QED) is 0.558. The van der Waals surface area contributed by atoms with Gasteiger partial charge in [-0.25, -0.2) is 9.37 Å². The van der Waals surface area contributed by atoms with Gasteiger partial charge in [0.15, 0.2) is 5.58 Å². The van der Waals surface area contributed by atoms with Gasteiger partial charge in [-0.1, -0.05) is 18.2 Å². The Hall–Kier alpha value is -2.40. The predicted molar refractivity (Wildman–Crippen MR) is 103 cm³/mol. The molecule has 2 aromatic carbocycles. The van der Waals surface area contributed by atoms with Crippen LogP contribution in [-0.4, -0.2) is 28.2 Å². The second kappa shape index (κ2) is 7.69. The highest BCUT2D eigenvalue weighted by atomic mass is 35.5. The normalized spacial score (nSPS) is 17.0. The number of amides is 1. The standard InChI is InChI=1S/C21H20ClFN2O2/c22-10-2-7-20(26)25-11-3-6-18(25)21-24-17-13-15(8-9-19(17)27-21)14-4-1-5-16(23)12-14/h1,4-5,8-9,12-13,18H,2-3,6-7,10-11H2. The Balaban J connectivity index is 1.62. The molecule has 140 valence electrons. The molecule has 0 saturated carbocycles. The van der Waals surface area contributed by atoms with Gasteiger partial charge in [0.1, 0.15) is 17.4 Å². The molecule has 0 aliphatic carbocycles. The van der Waals surface area contributed by atoms with Crippen LogP contribution in [0.1, 0.15) is 37.6 Å². The Bertz CT molecular complexity index is 972. The number of hydrogen-bond acceptors (Lipinski definition) is 3. The number of aromatic nitrogens is 1. The van der Waals surface area contributed by atoms with E-state index in [1.54, 1.807) is 6.07 Å². The van der Waals surface area contributed by atoms with E-state index in [2.05, 4.69) is 4.98 Å². The first-order chi connectivity index (χ1) is 13.2. The number of likely N-dealkylation sites (tertiary alicyclic amines) is 1. The molecule has 0 radical (unpaired) electrons. The number of oxazole rings is 1. The van der Waals surface area contributed by atoms with Gasteiger partial charge < -0.3 is 9.32 Å². The number of hydrogen-bond donors (Lipinski definition) is 0. The second-order valence-electron chi connectivity index (χ2n) is 6.78. The molecule has 1 atom stereocenters. The molecule has 2 heterocycles. The van der Waals surface area contributed by atoms with E-state index in [0.717, 1.165) is 30.5 Å². The lowest BCUT2D eigenvalue weighted by Gasteiger charge is -2.22. The van der Waals surface area contributed by atoms with Crippen LogP contribution in [0.5, 0.6) is 0 Å². The van der Waals surface area contributed by atoms with Crippen LogP contribution >= 0.6 is 11.6 Å². The summed E-state index contributed by atoms with van der Waals surface area (Å²) in [5.41, 5.74) is 3.06. The molecule has 1 fully saturated rings. The highest BCUT2D eigenvalue weighted by Gasteiger charge is 2.33. The number of fused-ring (bicyclic) bond motifs is 1. The van der Waals surface area contributed by atoms with Crippen molar-refractivity contribution in [3.63, 3.8) is 0 Å². The van der Waals surface area contributed by atoms with Crippen molar-refractivity contribution in [2.75, 3.05) is 12.4 Å². The number of nitrogens with zero attached hydrogens (tertiary/aromatic N) is 2. The fraction of sp³-hybridized carbons (Fsp3) is 0.333. The molecule has 1 unspecified atom stereocenters. The summed E-state index contributed by atoms with van der Waals surface area (Å²) in [5, 5.41) is 0. The van der Waals surface area contributed by atoms with Crippen LogP contribution in [0.25, 0.3) is 22.2 Å². The van der Waals surface area contributed by atoms with Crippen LogP contribution in [0.2, 0.25) is 0 Å². The minimum atomic E-state index is -0.273. The molecule has 1 aliphatic heterocycles. The molecular formula is C21H20ClFN2O2. The van der Waals surface area contributed by atoms with Crippen molar-refractivity contribution in [3.05, 3.63) is 54.2 Å². The first kappa shape index (κ1) is 18.0. The minimum Gasteiger partial charge on any atom is -0.438 e. The van der Waals surface area contributed by atoms with Crippen molar-refractivity contribution >= 4 is 28.6 Å². The van der Waals surface area contributed by atoms with E-state index in [9.17, 15) is 9.18 Å². The van der Waals surface area contributed by atoms with E-state index >= 15 is 0 Å². The van der Waals surface area contributed by atoms with Crippen molar-refractivity contribution in [2.45, 2.75) is 31.7 Å². The average Bonchev–Trinajstić information content (AvgIpc) is 3.31. The van der Waals surface area contributed by atoms with Gasteiger partial charge in [-0.15, -0.1) is 11.6 Å². The van der Waals surface area contributed by atoms with E-state index in [-0.39, 0.29) is 17.8 Å². The molecule has 4 rings (SSSR count). The van der Waals surface area contributed by atoms with Gasteiger partial charge in [0.05, 0.1) is 0 Å². The van der Waals surface area contributed by atoms with Crippen LogP contribution in [0.15, 0.2) is 46.9 Å². The number of rotatable bonds is 5. The molecule has 1 aromatic heterocycles. The van der Waals surface area contributed by atoms with Gasteiger partial charge in [0, 0.05) is 18.8 Å². The number of halogens is 2. The molecule has 0 spiro atoms. The van der Waals surface area contributed by atoms with Crippen LogP contribution in [0.3, 0.4) is 0 Å². The molecular weight excluding hydrogens is 367 g/mol. The summed E-state index contributed by atoms with van der Waals surface area (Å²) in [7, 11) is 0. The maximum Gasteiger partial charge on any atom is 0.223 e. The number of carbonyl (C=O) groups is 1. The fourth-order valence-corrected chi connectivity index (χ4v) is 3.75. The largest absolute Gasteiger partial charge is 0.438 e. The summed E-state index contributed by atoms with van der Waals surface area (Å²) >= 11 is 5.71. The molecule has 3 aromatic rings. The maximum atomic E-state index is 13.5. The van der Waals surface area contributed by atoms with Gasteiger partial charge >= 0.3 is 0 Å². The lowest BCUT2D eigenvalue weighted by Crippen LogP contribution is -2.30. The molecule has 6 heteroatoms. The van der Waals surface area contributed by atoms with Gasteiger partial charge in [-0.05, 0) is 54.7 Å². The molecule has 1 aliphatic rings. The maximum absolute atomic E-state index is 13.5. The molecule has 1 amide bonds. The van der Waals surface area contributed by atoms with Crippen LogP contribution < -0.4 is 0 Å². The molecule has 27 heavy (non-hydrogen) atoms. The third-order valence-electron chi connectivity index (χ3n) is 4.94. The Kier molecular flexibility index (Phi) is 5.12. The number of carbonyl (C=O) groups excluding carboxylic acids is 1. The Morgan fingerprint density at radius 1 is 1.26 bits per heavy atom. The lowest BCUT2D eigenvalue weighted by molar-refractivity contribution is -0.132. The minimum absolute atomic E-state index is 0.0980. The van der Waals surface area contributed by atoms with Gasteiger partial charge in [0.2, 0.25) is 11.8 Å². The summed E-state index contributed by atoms with van der Waals surface area (Å²) in [6.07, 6.45) is 2.90. The lowest BCUT2D eigenvalue weighted by atomic mass is 10.1. The third-order valence-corrected chi connectivity index (χ3v) is 5.21. The van der Waals surface area contributed by atoms with Crippen molar-refractivity contribution in [2.24, 2.45) is 0 Å². The summed E-state index contributed by atoms with van der Waals surface area (Å²) in [6.45, 7) is 0.721. The molecule has 4 nitrogen and oxygen atoms in total. The average molecular weight is 387 g/mol. The van der Waals surface area contributed by atoms with Gasteiger partial charge in [-0.3, -0.25) is 4.79 Å². The Labute approximate surface area is 161 Å². The SMILES string of the molecule is O=C(CCCCl)N1CCCC1c1nc2cc(-c3cccc(F)c3)ccc2o1. The first-order valence-corrected chi connectivity index (χ1v) is 9.71. The van der Waals surface area contributed by atoms with E-state index in [1.165, 1.54) is 12.1 Å². The first-order valence-electron chi connectivity index (χ1n) is 9.17. The van der Waals surface area contributed by atoms with Crippen LogP contribution in [0.4, 0.5) is 4.39 Å². The molecule has 1 saturated heterocycles. The summed E-state index contributed by atoms with van der Waals surface area (Å²) in [6, 6.07) is 12.0. The zero-order valence-electron chi connectivity index (χ0n) is 14.8. The zero-order valence-corrected chi connectivity index (χ0v) is 15.6. The second-order valence-corrected chi connectivity index (χ2v) is 7.16.